The average Bonchev–Trinajstić information content (AvgIpc) is 3.05. The molecule has 2 aromatic rings. The Bertz CT molecular complexity index is 614. The number of H-pyrrole nitrogens is 1. The number of hydrogen-bond acceptors (Lipinski definition) is 5. The Labute approximate surface area is 130 Å². The van der Waals surface area contributed by atoms with Crippen molar-refractivity contribution in [3.05, 3.63) is 12.5 Å². The van der Waals surface area contributed by atoms with Crippen molar-refractivity contribution >= 4 is 16.9 Å². The number of hydrogen-bond donors (Lipinski definition) is 1. The van der Waals surface area contributed by atoms with E-state index >= 15 is 0 Å². The standard InChI is InChI=1S/C16H23N5O/c1-2-4-12(5-3-1)22-13-6-8-21(9-7-13)16-14-10-19-20-15(14)17-11-18-16/h10-13H,1-9H2,(H,17,18,19,20). The summed E-state index contributed by atoms with van der Waals surface area (Å²) < 4.78 is 6.31. The van der Waals surface area contributed by atoms with Crippen LogP contribution in [0.1, 0.15) is 44.9 Å². The molecule has 0 atom stereocenters. The summed E-state index contributed by atoms with van der Waals surface area (Å²) in [7, 11) is 0. The van der Waals surface area contributed by atoms with E-state index in [0.717, 1.165) is 42.8 Å². The number of nitrogens with one attached hydrogen (secondary N) is 1. The van der Waals surface area contributed by atoms with E-state index in [9.17, 15) is 0 Å². The normalized spacial score (nSPS) is 21.5. The first-order valence-corrected chi connectivity index (χ1v) is 8.44. The molecule has 1 saturated heterocycles. The van der Waals surface area contributed by atoms with Gasteiger partial charge < -0.3 is 9.64 Å². The molecule has 3 heterocycles. The Morgan fingerprint density at radius 3 is 2.59 bits per heavy atom. The zero-order valence-electron chi connectivity index (χ0n) is 12.9. The molecule has 0 amide bonds. The van der Waals surface area contributed by atoms with Crippen molar-refractivity contribution in [1.29, 1.82) is 0 Å². The largest absolute Gasteiger partial charge is 0.375 e. The van der Waals surface area contributed by atoms with Gasteiger partial charge in [0.1, 0.15) is 12.1 Å². The van der Waals surface area contributed by atoms with Crippen LogP contribution in [0.2, 0.25) is 0 Å². The summed E-state index contributed by atoms with van der Waals surface area (Å²) in [6.45, 7) is 1.99. The number of rotatable bonds is 3. The molecule has 0 spiro atoms. The van der Waals surface area contributed by atoms with Crippen LogP contribution in [0.15, 0.2) is 12.5 Å². The van der Waals surface area contributed by atoms with Gasteiger partial charge in [0.15, 0.2) is 5.65 Å². The SMILES string of the molecule is c1nc(N2CCC(OC3CCCCC3)CC2)c2cn[nH]c2n1. The van der Waals surface area contributed by atoms with Gasteiger partial charge in [0.05, 0.1) is 23.8 Å². The molecular weight excluding hydrogens is 278 g/mol. The highest BCUT2D eigenvalue weighted by atomic mass is 16.5. The van der Waals surface area contributed by atoms with E-state index < -0.39 is 0 Å². The van der Waals surface area contributed by atoms with Gasteiger partial charge in [-0.2, -0.15) is 5.10 Å². The third-order valence-corrected chi connectivity index (χ3v) is 4.91. The van der Waals surface area contributed by atoms with Gasteiger partial charge in [-0.25, -0.2) is 9.97 Å². The second-order valence-corrected chi connectivity index (χ2v) is 6.41. The lowest BCUT2D eigenvalue weighted by Crippen LogP contribution is -2.39. The summed E-state index contributed by atoms with van der Waals surface area (Å²) >= 11 is 0. The lowest BCUT2D eigenvalue weighted by Gasteiger charge is -2.35. The molecule has 1 aliphatic carbocycles. The van der Waals surface area contributed by atoms with Gasteiger partial charge >= 0.3 is 0 Å². The number of aromatic amines is 1. The van der Waals surface area contributed by atoms with Crippen LogP contribution in [-0.4, -0.2) is 45.5 Å². The Kier molecular flexibility index (Phi) is 3.93. The number of piperidine rings is 1. The molecule has 1 saturated carbocycles. The van der Waals surface area contributed by atoms with Crippen molar-refractivity contribution in [2.24, 2.45) is 0 Å². The van der Waals surface area contributed by atoms with Crippen LogP contribution in [0.3, 0.4) is 0 Å². The van der Waals surface area contributed by atoms with E-state index in [-0.39, 0.29) is 0 Å². The zero-order chi connectivity index (χ0) is 14.8. The van der Waals surface area contributed by atoms with Gasteiger partial charge in [0, 0.05) is 13.1 Å². The fraction of sp³-hybridized carbons (Fsp3) is 0.688. The maximum Gasteiger partial charge on any atom is 0.160 e. The number of aromatic nitrogens is 4. The van der Waals surface area contributed by atoms with Crippen molar-refractivity contribution in [2.75, 3.05) is 18.0 Å². The fourth-order valence-corrected chi connectivity index (χ4v) is 3.68. The monoisotopic (exact) mass is 301 g/mol. The van der Waals surface area contributed by atoms with E-state index in [4.69, 9.17) is 4.74 Å². The van der Waals surface area contributed by atoms with Crippen LogP contribution in [0.4, 0.5) is 5.82 Å². The third-order valence-electron chi connectivity index (χ3n) is 4.91. The average molecular weight is 301 g/mol. The Morgan fingerprint density at radius 1 is 1.00 bits per heavy atom. The first-order valence-electron chi connectivity index (χ1n) is 8.44. The number of fused-ring (bicyclic) bond motifs is 1. The molecule has 1 aliphatic heterocycles. The van der Waals surface area contributed by atoms with Crippen molar-refractivity contribution in [1.82, 2.24) is 20.2 Å². The summed E-state index contributed by atoms with van der Waals surface area (Å²) in [5.41, 5.74) is 0.811. The molecule has 2 aliphatic rings. The van der Waals surface area contributed by atoms with Gasteiger partial charge in [-0.1, -0.05) is 19.3 Å². The molecule has 0 bridgehead atoms. The first-order chi connectivity index (χ1) is 10.9. The third kappa shape index (κ3) is 2.79. The molecule has 6 heteroatoms. The fourth-order valence-electron chi connectivity index (χ4n) is 3.68. The Hall–Kier alpha value is -1.69. The molecule has 0 radical (unpaired) electrons. The minimum Gasteiger partial charge on any atom is -0.375 e. The molecule has 22 heavy (non-hydrogen) atoms. The summed E-state index contributed by atoms with van der Waals surface area (Å²) in [5, 5.41) is 7.99. The predicted octanol–water partition coefficient (Wildman–Crippen LogP) is 2.67. The van der Waals surface area contributed by atoms with Crippen LogP contribution in [0.25, 0.3) is 11.0 Å². The molecule has 2 fully saturated rings. The van der Waals surface area contributed by atoms with Crippen molar-refractivity contribution < 1.29 is 4.74 Å². The highest BCUT2D eigenvalue weighted by Gasteiger charge is 2.25. The lowest BCUT2D eigenvalue weighted by atomic mass is 9.97. The molecule has 1 N–H and O–H groups in total. The first kappa shape index (κ1) is 13.9. The van der Waals surface area contributed by atoms with Crippen LogP contribution in [0.5, 0.6) is 0 Å². The van der Waals surface area contributed by atoms with E-state index in [1.807, 2.05) is 6.20 Å². The maximum absolute atomic E-state index is 6.31. The van der Waals surface area contributed by atoms with Gasteiger partial charge in [0.2, 0.25) is 0 Å². The molecular formula is C16H23N5O. The maximum atomic E-state index is 6.31. The van der Waals surface area contributed by atoms with Crippen molar-refractivity contribution in [3.8, 4) is 0 Å². The van der Waals surface area contributed by atoms with Gasteiger partial charge in [-0.15, -0.1) is 0 Å². The highest BCUT2D eigenvalue weighted by Crippen LogP contribution is 2.28. The lowest BCUT2D eigenvalue weighted by molar-refractivity contribution is -0.0395. The predicted molar refractivity (Wildman–Crippen MR) is 84.9 cm³/mol. The smallest absolute Gasteiger partial charge is 0.160 e. The highest BCUT2D eigenvalue weighted by molar-refractivity contribution is 5.86. The van der Waals surface area contributed by atoms with E-state index in [1.165, 1.54) is 32.1 Å². The quantitative estimate of drug-likeness (QED) is 0.944. The number of ether oxygens (including phenoxy) is 1. The second-order valence-electron chi connectivity index (χ2n) is 6.41. The van der Waals surface area contributed by atoms with E-state index in [2.05, 4.69) is 25.1 Å². The molecule has 2 aromatic heterocycles. The minimum absolute atomic E-state index is 0.418. The van der Waals surface area contributed by atoms with Crippen LogP contribution < -0.4 is 4.90 Å². The summed E-state index contributed by atoms with van der Waals surface area (Å²) in [6, 6.07) is 0. The van der Waals surface area contributed by atoms with Crippen LogP contribution >= 0.6 is 0 Å². The van der Waals surface area contributed by atoms with Gasteiger partial charge in [0.25, 0.3) is 0 Å². The summed E-state index contributed by atoms with van der Waals surface area (Å²) in [5.74, 6) is 0.995. The molecule has 0 aromatic carbocycles. The zero-order valence-corrected chi connectivity index (χ0v) is 12.9. The number of anilines is 1. The van der Waals surface area contributed by atoms with E-state index in [1.54, 1.807) is 6.33 Å². The molecule has 0 unspecified atom stereocenters. The molecule has 118 valence electrons. The Balaban J connectivity index is 1.38. The summed E-state index contributed by atoms with van der Waals surface area (Å²) in [4.78, 5) is 11.0. The van der Waals surface area contributed by atoms with Gasteiger partial charge in [-0.3, -0.25) is 5.10 Å². The number of nitrogens with zero attached hydrogens (tertiary/aromatic N) is 4. The minimum atomic E-state index is 0.418. The second kappa shape index (κ2) is 6.20. The van der Waals surface area contributed by atoms with E-state index in [0.29, 0.717) is 12.2 Å². The van der Waals surface area contributed by atoms with Crippen molar-refractivity contribution in [2.45, 2.75) is 57.2 Å². The van der Waals surface area contributed by atoms with Crippen LogP contribution in [-0.2, 0) is 4.74 Å². The van der Waals surface area contributed by atoms with Crippen molar-refractivity contribution in [3.63, 3.8) is 0 Å². The topological polar surface area (TPSA) is 66.9 Å². The summed E-state index contributed by atoms with van der Waals surface area (Å²) in [6.07, 6.45) is 13.1. The Morgan fingerprint density at radius 2 is 1.77 bits per heavy atom. The van der Waals surface area contributed by atoms with Gasteiger partial charge in [-0.05, 0) is 25.7 Å². The molecule has 4 rings (SSSR count). The van der Waals surface area contributed by atoms with Crippen LogP contribution in [0, 0.1) is 0 Å². The molecule has 6 nitrogen and oxygen atoms in total.